The summed E-state index contributed by atoms with van der Waals surface area (Å²) in [4.78, 5) is 0. The number of aromatic hydroxyl groups is 1. The lowest BCUT2D eigenvalue weighted by Crippen LogP contribution is -2.07. The molecular formula is C27H31F3O. The number of rotatable bonds is 10. The minimum atomic E-state index is -1.24. The molecule has 0 unspecified atom stereocenters. The molecular weight excluding hydrogens is 397 g/mol. The number of benzene rings is 2. The molecule has 0 spiro atoms. The van der Waals surface area contributed by atoms with Gasteiger partial charge in [0.25, 0.3) is 0 Å². The van der Waals surface area contributed by atoms with E-state index in [9.17, 15) is 18.3 Å². The second-order valence-electron chi connectivity index (χ2n) is 8.40. The predicted molar refractivity (Wildman–Crippen MR) is 121 cm³/mol. The second kappa shape index (κ2) is 11.2. The Hall–Kier alpha value is -2.49. The summed E-state index contributed by atoms with van der Waals surface area (Å²) in [5.74, 6) is -3.12. The van der Waals surface area contributed by atoms with Crippen LogP contribution in [-0.2, 0) is 6.42 Å². The van der Waals surface area contributed by atoms with E-state index in [1.54, 1.807) is 18.2 Å². The van der Waals surface area contributed by atoms with Gasteiger partial charge in [-0.1, -0.05) is 62.9 Å². The first-order chi connectivity index (χ1) is 15.0. The van der Waals surface area contributed by atoms with Crippen molar-refractivity contribution in [3.63, 3.8) is 0 Å². The normalized spacial score (nSPS) is 16.2. The molecule has 0 saturated heterocycles. The van der Waals surface area contributed by atoms with Crippen LogP contribution in [0, 0.1) is 17.6 Å². The van der Waals surface area contributed by atoms with E-state index >= 15 is 0 Å². The smallest absolute Gasteiger partial charge is 0.200 e. The largest absolute Gasteiger partial charge is 0.505 e. The first kappa shape index (κ1) is 23.2. The first-order valence-corrected chi connectivity index (χ1v) is 11.3. The molecule has 2 aromatic rings. The molecule has 1 nitrogen and oxygen atoms in total. The molecule has 3 rings (SSSR count). The minimum Gasteiger partial charge on any atom is -0.505 e. The van der Waals surface area contributed by atoms with E-state index in [0.717, 1.165) is 42.9 Å². The summed E-state index contributed by atoms with van der Waals surface area (Å²) in [7, 11) is 0. The summed E-state index contributed by atoms with van der Waals surface area (Å²) in [6.07, 6.45) is 13.1. The van der Waals surface area contributed by atoms with Crippen LogP contribution in [0.25, 0.3) is 11.1 Å². The Morgan fingerprint density at radius 2 is 1.61 bits per heavy atom. The molecule has 166 valence electrons. The molecule has 0 amide bonds. The van der Waals surface area contributed by atoms with Crippen LogP contribution >= 0.6 is 0 Å². The minimum absolute atomic E-state index is 0.0238. The van der Waals surface area contributed by atoms with Gasteiger partial charge >= 0.3 is 0 Å². The average molecular weight is 429 g/mol. The van der Waals surface area contributed by atoms with E-state index in [2.05, 4.69) is 13.0 Å². The second-order valence-corrected chi connectivity index (χ2v) is 8.40. The van der Waals surface area contributed by atoms with Crippen molar-refractivity contribution in [1.82, 2.24) is 0 Å². The molecule has 1 aliphatic rings. The molecule has 2 aromatic carbocycles. The van der Waals surface area contributed by atoms with Crippen molar-refractivity contribution in [1.29, 1.82) is 0 Å². The van der Waals surface area contributed by atoms with Gasteiger partial charge in [-0.15, -0.1) is 0 Å². The van der Waals surface area contributed by atoms with Crippen LogP contribution in [0.3, 0.4) is 0 Å². The standard InChI is InChI=1S/C27H31F3O/c1-2-3-4-5-6-7-20-11-15-22(24(28)18-20)14-10-19-8-12-21(13-9-19)23-16-17-25(31)27(30)26(23)29/h8-9,11-13,16-18,22,31H,2-7,10,14-15H2,1H3/t22-/m0/s1. The first-order valence-electron chi connectivity index (χ1n) is 11.3. The van der Waals surface area contributed by atoms with Crippen molar-refractivity contribution in [3.8, 4) is 16.9 Å². The summed E-state index contributed by atoms with van der Waals surface area (Å²) in [6, 6.07) is 9.69. The van der Waals surface area contributed by atoms with Crippen LogP contribution in [0.15, 0.2) is 60.0 Å². The number of allylic oxidation sites excluding steroid dienone is 4. The number of phenols is 1. The maximum absolute atomic E-state index is 14.6. The Morgan fingerprint density at radius 3 is 2.32 bits per heavy atom. The fourth-order valence-electron chi connectivity index (χ4n) is 4.08. The Morgan fingerprint density at radius 1 is 0.871 bits per heavy atom. The highest BCUT2D eigenvalue weighted by Crippen LogP contribution is 2.32. The number of aryl methyl sites for hydroxylation is 1. The Bertz CT molecular complexity index is 928. The molecule has 0 saturated carbocycles. The van der Waals surface area contributed by atoms with Gasteiger partial charge in [-0.2, -0.15) is 4.39 Å². The number of hydrogen-bond donors (Lipinski definition) is 1. The van der Waals surface area contributed by atoms with E-state index in [4.69, 9.17) is 0 Å². The topological polar surface area (TPSA) is 20.2 Å². The van der Waals surface area contributed by atoms with Crippen LogP contribution in [0.1, 0.15) is 63.9 Å². The van der Waals surface area contributed by atoms with Gasteiger partial charge in [0.2, 0.25) is 5.82 Å². The summed E-state index contributed by atoms with van der Waals surface area (Å²) in [5.41, 5.74) is 2.80. The van der Waals surface area contributed by atoms with Gasteiger partial charge < -0.3 is 5.11 Å². The van der Waals surface area contributed by atoms with Crippen molar-refractivity contribution < 1.29 is 18.3 Å². The Labute approximate surface area is 183 Å². The maximum Gasteiger partial charge on any atom is 0.200 e. The summed E-state index contributed by atoms with van der Waals surface area (Å²) in [6.45, 7) is 2.20. The summed E-state index contributed by atoms with van der Waals surface area (Å²) in [5, 5.41) is 9.27. The third-order valence-electron chi connectivity index (χ3n) is 6.06. The lowest BCUT2D eigenvalue weighted by atomic mass is 9.88. The highest BCUT2D eigenvalue weighted by atomic mass is 19.2. The van der Waals surface area contributed by atoms with E-state index < -0.39 is 17.4 Å². The fraction of sp³-hybridized carbons (Fsp3) is 0.407. The van der Waals surface area contributed by atoms with Gasteiger partial charge in [-0.3, -0.25) is 0 Å². The molecule has 1 aliphatic carbocycles. The van der Waals surface area contributed by atoms with Crippen LogP contribution < -0.4 is 0 Å². The Kier molecular flexibility index (Phi) is 8.39. The van der Waals surface area contributed by atoms with E-state index in [0.29, 0.717) is 12.0 Å². The zero-order valence-corrected chi connectivity index (χ0v) is 18.1. The van der Waals surface area contributed by atoms with Crippen LogP contribution in [-0.4, -0.2) is 5.11 Å². The van der Waals surface area contributed by atoms with Gasteiger partial charge in [-0.05, 0) is 67.0 Å². The van der Waals surface area contributed by atoms with Crippen molar-refractivity contribution in [2.45, 2.75) is 64.7 Å². The average Bonchev–Trinajstić information content (AvgIpc) is 2.77. The van der Waals surface area contributed by atoms with Crippen LogP contribution in [0.4, 0.5) is 13.2 Å². The molecule has 4 heteroatoms. The molecule has 0 aliphatic heterocycles. The van der Waals surface area contributed by atoms with Crippen molar-refractivity contribution in [2.24, 2.45) is 5.92 Å². The van der Waals surface area contributed by atoms with Gasteiger partial charge in [0.1, 0.15) is 5.83 Å². The molecule has 0 fully saturated rings. The fourth-order valence-corrected chi connectivity index (χ4v) is 4.08. The van der Waals surface area contributed by atoms with Gasteiger partial charge in [0.05, 0.1) is 0 Å². The maximum atomic E-state index is 14.6. The van der Waals surface area contributed by atoms with Gasteiger partial charge in [0.15, 0.2) is 11.6 Å². The zero-order valence-electron chi connectivity index (χ0n) is 18.1. The lowest BCUT2D eigenvalue weighted by Gasteiger charge is -2.19. The quantitative estimate of drug-likeness (QED) is 0.377. The highest BCUT2D eigenvalue weighted by molar-refractivity contribution is 5.65. The molecule has 1 N–H and O–H groups in total. The number of halogens is 3. The molecule has 0 bridgehead atoms. The number of hydrogen-bond acceptors (Lipinski definition) is 1. The highest BCUT2D eigenvalue weighted by Gasteiger charge is 2.18. The van der Waals surface area contributed by atoms with Crippen LogP contribution in [0.2, 0.25) is 0 Å². The van der Waals surface area contributed by atoms with Gasteiger partial charge in [0, 0.05) is 11.5 Å². The predicted octanol–water partition coefficient (Wildman–Crippen LogP) is 8.43. The summed E-state index contributed by atoms with van der Waals surface area (Å²) < 4.78 is 42.2. The monoisotopic (exact) mass is 428 g/mol. The van der Waals surface area contributed by atoms with E-state index in [1.165, 1.54) is 31.7 Å². The third kappa shape index (κ3) is 6.25. The van der Waals surface area contributed by atoms with Gasteiger partial charge in [-0.25, -0.2) is 8.78 Å². The molecule has 0 radical (unpaired) electrons. The number of unbranched alkanes of at least 4 members (excludes halogenated alkanes) is 4. The molecule has 31 heavy (non-hydrogen) atoms. The van der Waals surface area contributed by atoms with Crippen molar-refractivity contribution >= 4 is 0 Å². The summed E-state index contributed by atoms with van der Waals surface area (Å²) >= 11 is 0. The molecule has 1 atom stereocenters. The van der Waals surface area contributed by atoms with Crippen molar-refractivity contribution in [3.05, 3.63) is 77.1 Å². The SMILES string of the molecule is CCCCCCCC1=CC[C@H](CCc2ccc(-c3ccc(O)c(F)c3F)cc2)C(F)=C1. The third-order valence-corrected chi connectivity index (χ3v) is 6.06. The molecule has 0 aromatic heterocycles. The zero-order chi connectivity index (χ0) is 22.2. The van der Waals surface area contributed by atoms with Crippen LogP contribution in [0.5, 0.6) is 5.75 Å². The Balaban J connectivity index is 1.51. The number of phenolic OH excluding ortho intramolecular Hbond substituents is 1. The van der Waals surface area contributed by atoms with Crippen molar-refractivity contribution in [2.75, 3.05) is 0 Å². The molecule has 0 heterocycles. The van der Waals surface area contributed by atoms with E-state index in [-0.39, 0.29) is 17.3 Å². The lowest BCUT2D eigenvalue weighted by molar-refractivity contribution is 0.408. The van der Waals surface area contributed by atoms with E-state index in [1.807, 2.05) is 12.1 Å².